The van der Waals surface area contributed by atoms with Crippen LogP contribution in [0.4, 0.5) is 22.0 Å². The lowest BCUT2D eigenvalue weighted by atomic mass is 10.1. The van der Waals surface area contributed by atoms with Crippen molar-refractivity contribution in [1.82, 2.24) is 29.0 Å². The number of carbonyl (C=O) groups excluding carboxylic acids is 1. The third-order valence-electron chi connectivity index (χ3n) is 6.64. The quantitative estimate of drug-likeness (QED) is 0.395. The molecule has 5 heterocycles. The van der Waals surface area contributed by atoms with Crippen molar-refractivity contribution in [2.45, 2.75) is 25.6 Å². The number of hydrogen-bond acceptors (Lipinski definition) is 5. The Balaban J connectivity index is 1.46. The van der Waals surface area contributed by atoms with Crippen molar-refractivity contribution in [3.63, 3.8) is 0 Å². The van der Waals surface area contributed by atoms with Gasteiger partial charge in [0.25, 0.3) is 5.91 Å². The van der Waals surface area contributed by atoms with Crippen LogP contribution < -0.4 is 0 Å². The van der Waals surface area contributed by atoms with Crippen LogP contribution in [0.5, 0.6) is 0 Å². The van der Waals surface area contributed by atoms with E-state index in [1.165, 1.54) is 18.5 Å². The number of rotatable bonds is 3. The number of aromatic nitrogens is 5. The van der Waals surface area contributed by atoms with Crippen molar-refractivity contribution < 1.29 is 31.5 Å². The van der Waals surface area contributed by atoms with E-state index in [1.807, 2.05) is 0 Å². The molecule has 0 N–H and O–H groups in total. The van der Waals surface area contributed by atoms with Gasteiger partial charge >= 0.3 is 6.18 Å². The minimum atomic E-state index is -4.61. The first kappa shape index (κ1) is 22.8. The molecule has 1 saturated carbocycles. The number of imidazole rings is 1. The number of alkyl halides is 3. The third-order valence-corrected chi connectivity index (χ3v) is 6.64. The van der Waals surface area contributed by atoms with E-state index in [2.05, 4.69) is 15.1 Å². The normalized spacial score (nSPS) is 17.8. The monoisotopic (exact) mass is 506 g/mol. The second-order valence-electron chi connectivity index (χ2n) is 9.33. The lowest BCUT2D eigenvalue weighted by molar-refractivity contribution is -0.141. The lowest BCUT2D eigenvalue weighted by Gasteiger charge is -2.23. The maximum atomic E-state index is 14.2. The molecule has 8 nitrogen and oxygen atoms in total. The molecule has 4 aromatic rings. The predicted octanol–water partition coefficient (Wildman–Crippen LogP) is 3.84. The minimum Gasteiger partial charge on any atom is -0.379 e. The van der Waals surface area contributed by atoms with Crippen LogP contribution in [0.25, 0.3) is 27.9 Å². The molecule has 1 amide bonds. The average molecular weight is 506 g/mol. The Labute approximate surface area is 200 Å². The van der Waals surface area contributed by atoms with E-state index < -0.39 is 30.3 Å². The van der Waals surface area contributed by atoms with Gasteiger partial charge in [0.1, 0.15) is 23.7 Å². The fraction of sp³-hybridized carbons (Fsp3) is 0.391. The van der Waals surface area contributed by atoms with Crippen molar-refractivity contribution in [3.05, 3.63) is 48.1 Å². The van der Waals surface area contributed by atoms with Crippen molar-refractivity contribution in [2.24, 2.45) is 5.41 Å². The van der Waals surface area contributed by atoms with E-state index in [0.29, 0.717) is 37.1 Å². The first-order chi connectivity index (χ1) is 17.1. The molecule has 0 aromatic carbocycles. The van der Waals surface area contributed by atoms with Crippen LogP contribution >= 0.6 is 0 Å². The maximum absolute atomic E-state index is 14.2. The van der Waals surface area contributed by atoms with E-state index in [4.69, 9.17) is 4.74 Å². The molecular weight excluding hydrogens is 487 g/mol. The van der Waals surface area contributed by atoms with Gasteiger partial charge < -0.3 is 9.64 Å². The Morgan fingerprint density at radius 3 is 2.69 bits per heavy atom. The molecule has 1 aliphatic heterocycles. The summed E-state index contributed by atoms with van der Waals surface area (Å²) in [4.78, 5) is 23.0. The number of carbonyl (C=O) groups is 1. The van der Waals surface area contributed by atoms with Crippen LogP contribution in [0.2, 0.25) is 0 Å². The average Bonchev–Trinajstić information content (AvgIpc) is 3.40. The number of pyridine rings is 2. The van der Waals surface area contributed by atoms with Gasteiger partial charge in [0.15, 0.2) is 11.5 Å². The molecule has 1 aliphatic carbocycles. The number of hydrogen-bond donors (Lipinski definition) is 0. The summed E-state index contributed by atoms with van der Waals surface area (Å²) >= 11 is 0. The first-order valence-corrected chi connectivity index (χ1v) is 11.3. The molecule has 0 radical (unpaired) electrons. The molecule has 2 fully saturated rings. The molecule has 36 heavy (non-hydrogen) atoms. The van der Waals surface area contributed by atoms with Gasteiger partial charge in [0.2, 0.25) is 0 Å². The van der Waals surface area contributed by atoms with E-state index in [-0.39, 0.29) is 39.0 Å². The van der Waals surface area contributed by atoms with E-state index in [9.17, 15) is 26.7 Å². The van der Waals surface area contributed by atoms with Crippen LogP contribution in [0.15, 0.2) is 30.7 Å². The zero-order valence-corrected chi connectivity index (χ0v) is 18.7. The Kier molecular flexibility index (Phi) is 5.04. The molecular formula is C23H19F5N6O2. The number of fused-ring (bicyclic) bond motifs is 2. The van der Waals surface area contributed by atoms with Crippen molar-refractivity contribution in [3.8, 4) is 11.4 Å². The van der Waals surface area contributed by atoms with Gasteiger partial charge in [-0.3, -0.25) is 18.9 Å². The standard InChI is InChI=1S/C23H19F5N6O2/c24-13-5-15(25)20-30-8-18(33(20)9-13)19-14-7-29-16(6-17(14)34(31-19)11-23(26,27)28)21(35)32-3-4-36-12-22(10-32)1-2-22/h5-9H,1-4,10-12H2. The second kappa shape index (κ2) is 7.95. The van der Waals surface area contributed by atoms with Gasteiger partial charge in [0, 0.05) is 42.4 Å². The second-order valence-corrected chi connectivity index (χ2v) is 9.33. The van der Waals surface area contributed by atoms with Crippen molar-refractivity contribution in [1.29, 1.82) is 0 Å². The molecule has 1 spiro atoms. The minimum absolute atomic E-state index is 0.00152. The highest BCUT2D eigenvalue weighted by Gasteiger charge is 2.46. The van der Waals surface area contributed by atoms with Crippen LogP contribution in [-0.4, -0.2) is 67.4 Å². The first-order valence-electron chi connectivity index (χ1n) is 11.3. The van der Waals surface area contributed by atoms with Gasteiger partial charge in [-0.15, -0.1) is 0 Å². The fourth-order valence-corrected chi connectivity index (χ4v) is 4.66. The van der Waals surface area contributed by atoms with Gasteiger partial charge in [-0.05, 0) is 18.9 Å². The van der Waals surface area contributed by atoms with Crippen molar-refractivity contribution >= 4 is 22.5 Å². The highest BCUT2D eigenvalue weighted by atomic mass is 19.4. The van der Waals surface area contributed by atoms with E-state index >= 15 is 0 Å². The van der Waals surface area contributed by atoms with Crippen molar-refractivity contribution in [2.75, 3.05) is 26.3 Å². The molecule has 6 rings (SSSR count). The van der Waals surface area contributed by atoms with Gasteiger partial charge in [-0.25, -0.2) is 13.8 Å². The molecule has 0 unspecified atom stereocenters. The topological polar surface area (TPSA) is 77.6 Å². The van der Waals surface area contributed by atoms with Crippen LogP contribution in [0, 0.1) is 17.0 Å². The Morgan fingerprint density at radius 1 is 1.14 bits per heavy atom. The van der Waals surface area contributed by atoms with Crippen LogP contribution in [0.1, 0.15) is 23.3 Å². The Hall–Kier alpha value is -3.61. The molecule has 13 heteroatoms. The summed E-state index contributed by atoms with van der Waals surface area (Å²) in [6.45, 7) is 0.365. The summed E-state index contributed by atoms with van der Waals surface area (Å²) in [6, 6.07) is 1.93. The number of ether oxygens (including phenoxy) is 1. The van der Waals surface area contributed by atoms with Gasteiger partial charge in [-0.1, -0.05) is 0 Å². The molecule has 0 atom stereocenters. The Bertz CT molecular complexity index is 1510. The predicted molar refractivity (Wildman–Crippen MR) is 116 cm³/mol. The molecule has 2 aliphatic rings. The van der Waals surface area contributed by atoms with E-state index in [0.717, 1.165) is 23.4 Å². The summed E-state index contributed by atoms with van der Waals surface area (Å²) in [5.41, 5.74) is -0.198. The lowest BCUT2D eigenvalue weighted by Crippen LogP contribution is -2.37. The van der Waals surface area contributed by atoms with Crippen LogP contribution in [0.3, 0.4) is 0 Å². The Morgan fingerprint density at radius 2 is 1.94 bits per heavy atom. The molecule has 188 valence electrons. The van der Waals surface area contributed by atoms with Gasteiger partial charge in [-0.2, -0.15) is 18.3 Å². The molecule has 0 bridgehead atoms. The largest absolute Gasteiger partial charge is 0.408 e. The summed E-state index contributed by atoms with van der Waals surface area (Å²) in [6.07, 6.45) is 0.714. The summed E-state index contributed by atoms with van der Waals surface area (Å²) < 4.78 is 75.6. The third kappa shape index (κ3) is 3.96. The molecule has 4 aromatic heterocycles. The van der Waals surface area contributed by atoms with E-state index in [1.54, 1.807) is 4.90 Å². The summed E-state index contributed by atoms with van der Waals surface area (Å²) in [7, 11) is 0. The summed E-state index contributed by atoms with van der Waals surface area (Å²) in [5, 5.41) is 4.27. The summed E-state index contributed by atoms with van der Waals surface area (Å²) in [5.74, 6) is -2.23. The zero-order chi connectivity index (χ0) is 25.2. The number of halogens is 5. The fourth-order valence-electron chi connectivity index (χ4n) is 4.66. The zero-order valence-electron chi connectivity index (χ0n) is 18.7. The highest BCUT2D eigenvalue weighted by molar-refractivity contribution is 5.99. The number of amides is 1. The smallest absolute Gasteiger partial charge is 0.379 e. The maximum Gasteiger partial charge on any atom is 0.408 e. The highest BCUT2D eigenvalue weighted by Crippen LogP contribution is 2.47. The SMILES string of the molecule is O=C(c1cc2c(cn1)c(-c1cnc3c(F)cc(F)cn13)nn2CC(F)(F)F)N1CCOCC2(CC2)C1. The molecule has 1 saturated heterocycles. The number of nitrogens with zero attached hydrogens (tertiary/aromatic N) is 6. The van der Waals surface area contributed by atoms with Gasteiger partial charge in [0.05, 0.1) is 30.6 Å². The van der Waals surface area contributed by atoms with Crippen LogP contribution in [-0.2, 0) is 11.3 Å².